The second-order valence-corrected chi connectivity index (χ2v) is 8.69. The molecule has 1 saturated heterocycles. The predicted molar refractivity (Wildman–Crippen MR) is 123 cm³/mol. The van der Waals surface area contributed by atoms with E-state index in [0.29, 0.717) is 31.1 Å². The van der Waals surface area contributed by atoms with Crippen LogP contribution in [-0.4, -0.2) is 42.9 Å². The van der Waals surface area contributed by atoms with Gasteiger partial charge in [-0.2, -0.15) is 0 Å². The zero-order valence-electron chi connectivity index (χ0n) is 18.7. The topological polar surface area (TPSA) is 64.7 Å². The SMILES string of the molecule is CCC(=O)N1CCc2cc(C(=O)N(C)CCCC3CC(c4ccc(F)cc4)NN3)ccc21. The van der Waals surface area contributed by atoms with Crippen LogP contribution in [0.25, 0.3) is 0 Å². The van der Waals surface area contributed by atoms with Gasteiger partial charge in [0.25, 0.3) is 5.91 Å². The zero-order valence-corrected chi connectivity index (χ0v) is 18.7. The fraction of sp³-hybridized carbons (Fsp3) is 0.440. The first-order valence-electron chi connectivity index (χ1n) is 11.4. The molecule has 7 heteroatoms. The van der Waals surface area contributed by atoms with E-state index in [4.69, 9.17) is 0 Å². The number of anilines is 1. The van der Waals surface area contributed by atoms with Gasteiger partial charge >= 0.3 is 0 Å². The van der Waals surface area contributed by atoms with Gasteiger partial charge in [-0.25, -0.2) is 4.39 Å². The summed E-state index contributed by atoms with van der Waals surface area (Å²) >= 11 is 0. The lowest BCUT2D eigenvalue weighted by Gasteiger charge is -2.20. The first kappa shape index (κ1) is 22.4. The summed E-state index contributed by atoms with van der Waals surface area (Å²) in [6, 6.07) is 12.8. The van der Waals surface area contributed by atoms with Crippen LogP contribution in [0.2, 0.25) is 0 Å². The van der Waals surface area contributed by atoms with Crippen LogP contribution >= 0.6 is 0 Å². The molecule has 2 heterocycles. The molecule has 2 aromatic rings. The van der Waals surface area contributed by atoms with Gasteiger partial charge in [0.2, 0.25) is 5.91 Å². The van der Waals surface area contributed by atoms with Gasteiger partial charge in [-0.15, -0.1) is 0 Å². The highest BCUT2D eigenvalue weighted by Crippen LogP contribution is 2.30. The lowest BCUT2D eigenvalue weighted by molar-refractivity contribution is -0.118. The van der Waals surface area contributed by atoms with Gasteiger partial charge in [0.1, 0.15) is 5.82 Å². The molecule has 2 unspecified atom stereocenters. The molecular weight excluding hydrogens is 407 g/mol. The number of amides is 2. The third-order valence-corrected chi connectivity index (χ3v) is 6.47. The van der Waals surface area contributed by atoms with E-state index in [1.807, 2.05) is 49.2 Å². The number of halogens is 1. The Hall–Kier alpha value is -2.77. The molecule has 32 heavy (non-hydrogen) atoms. The molecule has 6 nitrogen and oxygen atoms in total. The minimum absolute atomic E-state index is 0.00904. The molecule has 0 radical (unpaired) electrons. The number of carbonyl (C=O) groups excluding carboxylic acids is 2. The molecule has 0 saturated carbocycles. The Balaban J connectivity index is 1.26. The number of hydrogen-bond acceptors (Lipinski definition) is 4. The number of carbonyl (C=O) groups is 2. The Labute approximate surface area is 188 Å². The summed E-state index contributed by atoms with van der Waals surface area (Å²) in [7, 11) is 1.84. The number of nitrogens with one attached hydrogen (secondary N) is 2. The molecule has 0 aromatic heterocycles. The second-order valence-electron chi connectivity index (χ2n) is 8.69. The predicted octanol–water partition coefficient (Wildman–Crippen LogP) is 3.58. The quantitative estimate of drug-likeness (QED) is 0.694. The Bertz CT molecular complexity index is 978. The van der Waals surface area contributed by atoms with Gasteiger partial charge in [-0.3, -0.25) is 20.4 Å². The molecule has 1 fully saturated rings. The summed E-state index contributed by atoms with van der Waals surface area (Å²) in [5, 5.41) is 0. The monoisotopic (exact) mass is 438 g/mol. The number of hydrazine groups is 1. The first-order chi connectivity index (χ1) is 15.5. The molecule has 2 atom stereocenters. The van der Waals surface area contributed by atoms with Crippen molar-refractivity contribution >= 4 is 17.5 Å². The Morgan fingerprint density at radius 1 is 1.16 bits per heavy atom. The maximum Gasteiger partial charge on any atom is 0.253 e. The molecule has 2 aromatic carbocycles. The first-order valence-corrected chi connectivity index (χ1v) is 11.4. The van der Waals surface area contributed by atoms with Crippen molar-refractivity contribution in [2.75, 3.05) is 25.0 Å². The summed E-state index contributed by atoms with van der Waals surface area (Å²) in [4.78, 5) is 28.6. The standard InChI is InChI=1S/C25H31FN4O2/c1-3-24(31)30-14-12-18-15-19(8-11-23(18)30)25(32)29(2)13-4-5-21-16-22(28-27-21)17-6-9-20(26)10-7-17/h6-11,15,21-22,27-28H,3-5,12-14,16H2,1-2H3. The molecule has 2 amide bonds. The van der Waals surface area contributed by atoms with Gasteiger partial charge in [0.05, 0.1) is 0 Å². The fourth-order valence-electron chi connectivity index (χ4n) is 4.61. The summed E-state index contributed by atoms with van der Waals surface area (Å²) in [5.74, 6) is -0.0921. The molecule has 0 spiro atoms. The van der Waals surface area contributed by atoms with Crippen LogP contribution in [-0.2, 0) is 11.2 Å². The lowest BCUT2D eigenvalue weighted by atomic mass is 9.99. The van der Waals surface area contributed by atoms with Gasteiger partial charge in [0, 0.05) is 49.9 Å². The van der Waals surface area contributed by atoms with Crippen LogP contribution < -0.4 is 15.8 Å². The van der Waals surface area contributed by atoms with Crippen LogP contribution in [0.5, 0.6) is 0 Å². The minimum Gasteiger partial charge on any atom is -0.342 e. The molecule has 0 aliphatic carbocycles. The van der Waals surface area contributed by atoms with E-state index in [9.17, 15) is 14.0 Å². The van der Waals surface area contributed by atoms with Crippen molar-refractivity contribution in [2.45, 2.75) is 51.1 Å². The van der Waals surface area contributed by atoms with E-state index < -0.39 is 0 Å². The van der Waals surface area contributed by atoms with Crippen LogP contribution in [0, 0.1) is 5.82 Å². The molecule has 2 aliphatic heterocycles. The van der Waals surface area contributed by atoms with Crippen LogP contribution in [0.15, 0.2) is 42.5 Å². The Morgan fingerprint density at radius 3 is 2.69 bits per heavy atom. The van der Waals surface area contributed by atoms with Gasteiger partial charge in [-0.1, -0.05) is 19.1 Å². The van der Waals surface area contributed by atoms with Crippen molar-refractivity contribution in [3.63, 3.8) is 0 Å². The van der Waals surface area contributed by atoms with Crippen LogP contribution in [0.3, 0.4) is 0 Å². The summed E-state index contributed by atoms with van der Waals surface area (Å²) in [6.45, 7) is 3.24. The van der Waals surface area contributed by atoms with E-state index in [2.05, 4.69) is 10.9 Å². The highest BCUT2D eigenvalue weighted by Gasteiger charge is 2.26. The zero-order chi connectivity index (χ0) is 22.7. The van der Waals surface area contributed by atoms with Crippen molar-refractivity contribution in [1.29, 1.82) is 0 Å². The van der Waals surface area contributed by atoms with Crippen molar-refractivity contribution in [1.82, 2.24) is 15.8 Å². The molecule has 0 bridgehead atoms. The highest BCUT2D eigenvalue weighted by atomic mass is 19.1. The maximum atomic E-state index is 13.1. The third kappa shape index (κ3) is 4.84. The van der Waals surface area contributed by atoms with Crippen molar-refractivity contribution in [3.8, 4) is 0 Å². The van der Waals surface area contributed by atoms with Gasteiger partial charge in [-0.05, 0) is 67.1 Å². The molecule has 4 rings (SSSR count). The second kappa shape index (κ2) is 9.79. The van der Waals surface area contributed by atoms with Gasteiger partial charge < -0.3 is 9.80 Å². The van der Waals surface area contributed by atoms with Crippen LogP contribution in [0.4, 0.5) is 10.1 Å². The number of rotatable bonds is 7. The number of fused-ring (bicyclic) bond motifs is 1. The molecule has 2 N–H and O–H groups in total. The van der Waals surface area contributed by atoms with E-state index in [1.54, 1.807) is 4.90 Å². The Morgan fingerprint density at radius 2 is 1.94 bits per heavy atom. The minimum atomic E-state index is -0.223. The largest absolute Gasteiger partial charge is 0.342 e. The maximum absolute atomic E-state index is 13.1. The summed E-state index contributed by atoms with van der Waals surface area (Å²) in [5.41, 5.74) is 10.4. The Kier molecular flexibility index (Phi) is 6.86. The highest BCUT2D eigenvalue weighted by molar-refractivity contribution is 5.98. The number of nitrogens with zero attached hydrogens (tertiary/aromatic N) is 2. The summed E-state index contributed by atoms with van der Waals surface area (Å²) in [6.07, 6.45) is 4.05. The molecule has 2 aliphatic rings. The summed E-state index contributed by atoms with van der Waals surface area (Å²) < 4.78 is 13.1. The van der Waals surface area contributed by atoms with Crippen molar-refractivity contribution in [3.05, 3.63) is 65.0 Å². The smallest absolute Gasteiger partial charge is 0.253 e. The average Bonchev–Trinajstić information content (AvgIpc) is 3.45. The number of hydrogen-bond donors (Lipinski definition) is 2. The van der Waals surface area contributed by atoms with E-state index in [-0.39, 0.29) is 23.7 Å². The van der Waals surface area contributed by atoms with Gasteiger partial charge in [0.15, 0.2) is 0 Å². The van der Waals surface area contributed by atoms with E-state index in [1.165, 1.54) is 12.1 Å². The average molecular weight is 439 g/mol. The number of benzene rings is 2. The third-order valence-electron chi connectivity index (χ3n) is 6.47. The van der Waals surface area contributed by atoms with E-state index >= 15 is 0 Å². The fourth-order valence-corrected chi connectivity index (χ4v) is 4.61. The van der Waals surface area contributed by atoms with E-state index in [0.717, 1.165) is 42.5 Å². The molecule has 170 valence electrons. The normalized spacial score (nSPS) is 19.8. The van der Waals surface area contributed by atoms with Crippen LogP contribution in [0.1, 0.15) is 60.1 Å². The van der Waals surface area contributed by atoms with Crippen molar-refractivity contribution < 1.29 is 14.0 Å². The van der Waals surface area contributed by atoms with Crippen molar-refractivity contribution in [2.24, 2.45) is 0 Å². The molecular formula is C25H31FN4O2. The lowest BCUT2D eigenvalue weighted by Crippen LogP contribution is -2.32.